The molecule has 0 radical (unpaired) electrons. The van der Waals surface area contributed by atoms with Gasteiger partial charge in [0.15, 0.2) is 0 Å². The SMILES string of the molecule is CCCC(C)C(C)C(N)S. The second kappa shape index (κ2) is 5.03. The third-order valence-corrected chi connectivity index (χ3v) is 2.65. The number of rotatable bonds is 4. The van der Waals surface area contributed by atoms with Gasteiger partial charge in [0.25, 0.3) is 0 Å². The highest BCUT2D eigenvalue weighted by Gasteiger charge is 2.15. The molecule has 0 aromatic carbocycles. The molecule has 0 aliphatic rings. The van der Waals surface area contributed by atoms with E-state index in [4.69, 9.17) is 5.73 Å². The first-order valence-corrected chi connectivity index (χ1v) is 4.54. The normalized spacial score (nSPS) is 20.1. The molecule has 2 heteroatoms. The van der Waals surface area contributed by atoms with Crippen molar-refractivity contribution in [1.82, 2.24) is 0 Å². The highest BCUT2D eigenvalue weighted by Crippen LogP contribution is 2.20. The molecule has 0 saturated heterocycles. The van der Waals surface area contributed by atoms with Crippen LogP contribution >= 0.6 is 12.6 Å². The lowest BCUT2D eigenvalue weighted by Crippen LogP contribution is -2.26. The summed E-state index contributed by atoms with van der Waals surface area (Å²) in [7, 11) is 0. The first kappa shape index (κ1) is 10.3. The quantitative estimate of drug-likeness (QED) is 0.480. The molecule has 3 atom stereocenters. The summed E-state index contributed by atoms with van der Waals surface area (Å²) < 4.78 is 0. The topological polar surface area (TPSA) is 26.0 Å². The molecule has 62 valence electrons. The van der Waals surface area contributed by atoms with Gasteiger partial charge in [-0.2, -0.15) is 12.6 Å². The smallest absolute Gasteiger partial charge is 0.0505 e. The van der Waals surface area contributed by atoms with Crippen LogP contribution in [0.2, 0.25) is 0 Å². The molecular weight excluding hydrogens is 142 g/mol. The van der Waals surface area contributed by atoms with Crippen molar-refractivity contribution in [1.29, 1.82) is 0 Å². The molecule has 0 amide bonds. The maximum atomic E-state index is 5.63. The van der Waals surface area contributed by atoms with E-state index in [0.717, 1.165) is 0 Å². The van der Waals surface area contributed by atoms with Crippen molar-refractivity contribution in [2.75, 3.05) is 0 Å². The lowest BCUT2D eigenvalue weighted by atomic mass is 9.92. The van der Waals surface area contributed by atoms with Crippen molar-refractivity contribution >= 4 is 12.6 Å². The molecule has 0 spiro atoms. The van der Waals surface area contributed by atoms with Gasteiger partial charge >= 0.3 is 0 Å². The molecule has 0 aromatic heterocycles. The first-order chi connectivity index (χ1) is 4.59. The van der Waals surface area contributed by atoms with E-state index in [9.17, 15) is 0 Å². The zero-order valence-electron chi connectivity index (χ0n) is 7.17. The minimum atomic E-state index is 0.0431. The molecule has 0 heterocycles. The Balaban J connectivity index is 3.58. The van der Waals surface area contributed by atoms with Gasteiger partial charge in [0.05, 0.1) is 5.37 Å². The van der Waals surface area contributed by atoms with Crippen LogP contribution in [0.1, 0.15) is 33.6 Å². The van der Waals surface area contributed by atoms with Gasteiger partial charge in [-0.05, 0) is 11.8 Å². The average Bonchev–Trinajstić information content (AvgIpc) is 1.87. The summed E-state index contributed by atoms with van der Waals surface area (Å²) in [4.78, 5) is 0. The summed E-state index contributed by atoms with van der Waals surface area (Å²) in [5, 5.41) is 0.0431. The van der Waals surface area contributed by atoms with Crippen LogP contribution in [-0.2, 0) is 0 Å². The third-order valence-electron chi connectivity index (χ3n) is 2.18. The minimum absolute atomic E-state index is 0.0431. The van der Waals surface area contributed by atoms with Gasteiger partial charge in [0.1, 0.15) is 0 Å². The summed E-state index contributed by atoms with van der Waals surface area (Å²) in [6, 6.07) is 0. The van der Waals surface area contributed by atoms with Gasteiger partial charge in [-0.3, -0.25) is 0 Å². The van der Waals surface area contributed by atoms with Crippen molar-refractivity contribution in [2.24, 2.45) is 17.6 Å². The van der Waals surface area contributed by atoms with Gasteiger partial charge in [-0.15, -0.1) is 0 Å². The predicted octanol–water partition coefficient (Wildman–Crippen LogP) is 2.27. The number of thiol groups is 1. The van der Waals surface area contributed by atoms with Crippen LogP contribution in [0, 0.1) is 11.8 Å². The van der Waals surface area contributed by atoms with Crippen molar-refractivity contribution in [3.8, 4) is 0 Å². The van der Waals surface area contributed by atoms with E-state index >= 15 is 0 Å². The third kappa shape index (κ3) is 3.47. The lowest BCUT2D eigenvalue weighted by Gasteiger charge is -2.21. The highest BCUT2D eigenvalue weighted by molar-refractivity contribution is 7.80. The Morgan fingerprint density at radius 3 is 2.20 bits per heavy atom. The van der Waals surface area contributed by atoms with E-state index in [1.165, 1.54) is 12.8 Å². The molecule has 0 aliphatic heterocycles. The maximum Gasteiger partial charge on any atom is 0.0505 e. The van der Waals surface area contributed by atoms with Gasteiger partial charge in [0.2, 0.25) is 0 Å². The van der Waals surface area contributed by atoms with E-state index < -0.39 is 0 Å². The molecular formula is C8H19NS. The zero-order chi connectivity index (χ0) is 8.15. The zero-order valence-corrected chi connectivity index (χ0v) is 8.07. The average molecular weight is 161 g/mol. The Morgan fingerprint density at radius 1 is 1.40 bits per heavy atom. The van der Waals surface area contributed by atoms with Gasteiger partial charge in [-0.25, -0.2) is 0 Å². The highest BCUT2D eigenvalue weighted by atomic mass is 32.1. The Kier molecular flexibility index (Phi) is 5.18. The summed E-state index contributed by atoms with van der Waals surface area (Å²) in [5.41, 5.74) is 5.63. The Morgan fingerprint density at radius 2 is 1.90 bits per heavy atom. The van der Waals surface area contributed by atoms with Crippen LogP contribution in [0.4, 0.5) is 0 Å². The van der Waals surface area contributed by atoms with Crippen LogP contribution in [0.15, 0.2) is 0 Å². The Bertz CT molecular complexity index is 83.3. The largest absolute Gasteiger partial charge is 0.319 e. The predicted molar refractivity (Wildman–Crippen MR) is 50.2 cm³/mol. The van der Waals surface area contributed by atoms with E-state index in [2.05, 4.69) is 33.4 Å². The van der Waals surface area contributed by atoms with Crippen LogP contribution in [0.25, 0.3) is 0 Å². The molecule has 0 rings (SSSR count). The summed E-state index contributed by atoms with van der Waals surface area (Å²) in [6.45, 7) is 6.61. The van der Waals surface area contributed by atoms with Crippen molar-refractivity contribution in [3.63, 3.8) is 0 Å². The standard InChI is InChI=1S/C8H19NS/c1-4-5-6(2)7(3)8(9)10/h6-8,10H,4-5,9H2,1-3H3. The fourth-order valence-corrected chi connectivity index (χ4v) is 1.35. The lowest BCUT2D eigenvalue weighted by molar-refractivity contribution is 0.355. The van der Waals surface area contributed by atoms with Gasteiger partial charge in [-0.1, -0.05) is 33.6 Å². The van der Waals surface area contributed by atoms with Crippen molar-refractivity contribution < 1.29 is 0 Å². The fraction of sp³-hybridized carbons (Fsp3) is 1.00. The molecule has 3 unspecified atom stereocenters. The van der Waals surface area contributed by atoms with E-state index in [-0.39, 0.29) is 5.37 Å². The second-order valence-corrected chi connectivity index (χ2v) is 3.71. The molecule has 0 bridgehead atoms. The van der Waals surface area contributed by atoms with Crippen molar-refractivity contribution in [3.05, 3.63) is 0 Å². The first-order valence-electron chi connectivity index (χ1n) is 4.03. The van der Waals surface area contributed by atoms with Gasteiger partial charge in [0, 0.05) is 0 Å². The van der Waals surface area contributed by atoms with E-state index in [0.29, 0.717) is 11.8 Å². The second-order valence-electron chi connectivity index (χ2n) is 3.12. The maximum absolute atomic E-state index is 5.63. The number of nitrogens with two attached hydrogens (primary N) is 1. The molecule has 0 fully saturated rings. The van der Waals surface area contributed by atoms with Crippen LogP contribution in [-0.4, -0.2) is 5.37 Å². The Labute approximate surface area is 69.8 Å². The van der Waals surface area contributed by atoms with E-state index in [1.54, 1.807) is 0 Å². The van der Waals surface area contributed by atoms with Crippen LogP contribution < -0.4 is 5.73 Å². The minimum Gasteiger partial charge on any atom is -0.319 e. The van der Waals surface area contributed by atoms with Crippen molar-refractivity contribution in [2.45, 2.75) is 39.0 Å². The monoisotopic (exact) mass is 161 g/mol. The molecule has 0 aromatic rings. The molecule has 0 saturated carbocycles. The van der Waals surface area contributed by atoms with Gasteiger partial charge < -0.3 is 5.73 Å². The molecule has 10 heavy (non-hydrogen) atoms. The molecule has 2 N–H and O–H groups in total. The van der Waals surface area contributed by atoms with Crippen LogP contribution in [0.5, 0.6) is 0 Å². The molecule has 0 aliphatic carbocycles. The van der Waals surface area contributed by atoms with Crippen LogP contribution in [0.3, 0.4) is 0 Å². The summed E-state index contributed by atoms with van der Waals surface area (Å²) >= 11 is 4.20. The number of hydrogen-bond acceptors (Lipinski definition) is 2. The van der Waals surface area contributed by atoms with E-state index in [1.807, 2.05) is 0 Å². The fourth-order valence-electron chi connectivity index (χ4n) is 1.05. The number of hydrogen-bond donors (Lipinski definition) is 2. The summed E-state index contributed by atoms with van der Waals surface area (Å²) in [6.07, 6.45) is 2.50. The Hall–Kier alpha value is 0.310. The summed E-state index contributed by atoms with van der Waals surface area (Å²) in [5.74, 6) is 1.24. The molecule has 1 nitrogen and oxygen atoms in total.